The summed E-state index contributed by atoms with van der Waals surface area (Å²) in [6.45, 7) is 1.69. The Labute approximate surface area is 158 Å². The Morgan fingerprint density at radius 2 is 1.89 bits per heavy atom. The maximum absolute atomic E-state index is 12.7. The van der Waals surface area contributed by atoms with Crippen molar-refractivity contribution in [2.24, 2.45) is 0 Å². The van der Waals surface area contributed by atoms with Crippen LogP contribution in [0.4, 0.5) is 18.9 Å². The fraction of sp³-hybridized carbons (Fsp3) is 0.250. The minimum atomic E-state index is -4.40. The molecule has 11 heteroatoms. The molecule has 0 fully saturated rings. The minimum absolute atomic E-state index is 0.0606. The Hall–Kier alpha value is -2.33. The Balaban J connectivity index is 1.96. The number of pyridine rings is 1. The maximum atomic E-state index is 12.7. The molecule has 0 aliphatic carbocycles. The highest BCUT2D eigenvalue weighted by atomic mass is 35.5. The van der Waals surface area contributed by atoms with Crippen molar-refractivity contribution in [3.8, 4) is 0 Å². The van der Waals surface area contributed by atoms with E-state index in [1.807, 2.05) is 0 Å². The number of sulfonamides is 1. The van der Waals surface area contributed by atoms with Crippen molar-refractivity contribution >= 4 is 38.5 Å². The molecule has 2 aromatic heterocycles. The highest BCUT2D eigenvalue weighted by molar-refractivity contribution is 7.92. The van der Waals surface area contributed by atoms with Gasteiger partial charge in [0.2, 0.25) is 10.0 Å². The molecule has 0 saturated heterocycles. The zero-order chi connectivity index (χ0) is 19.8. The number of halogens is 4. The Morgan fingerprint density at radius 3 is 2.48 bits per heavy atom. The molecule has 3 aromatic rings. The van der Waals surface area contributed by atoms with E-state index in [9.17, 15) is 21.6 Å². The lowest BCUT2D eigenvalue weighted by molar-refractivity contribution is -0.137. The van der Waals surface area contributed by atoms with Crippen LogP contribution < -0.4 is 4.72 Å². The first-order valence-electron chi connectivity index (χ1n) is 7.77. The summed E-state index contributed by atoms with van der Waals surface area (Å²) in [6.07, 6.45) is -2.98. The summed E-state index contributed by atoms with van der Waals surface area (Å²) in [6, 6.07) is 6.07. The summed E-state index contributed by atoms with van der Waals surface area (Å²) >= 11 is 5.99. The van der Waals surface area contributed by atoms with Gasteiger partial charge >= 0.3 is 6.18 Å². The average molecular weight is 419 g/mol. The summed E-state index contributed by atoms with van der Waals surface area (Å²) in [5.74, 6) is -0.124. The molecule has 0 aliphatic heterocycles. The number of benzene rings is 1. The van der Waals surface area contributed by atoms with Crippen molar-refractivity contribution in [3.63, 3.8) is 0 Å². The standard InChI is InChI=1S/C16H14ClF3N4O2S/c1-2-27(25,26)23-12-7-13(17)22-15-14(12)21-9-24(15)8-10-3-5-11(6-4-10)16(18,19)20/h3-7,9H,2,8H2,1H3,(H,22,23). The second-order valence-corrected chi connectivity index (χ2v) is 8.14. The normalized spacial score (nSPS) is 12.5. The van der Waals surface area contributed by atoms with Crippen molar-refractivity contribution in [3.05, 3.63) is 52.9 Å². The van der Waals surface area contributed by atoms with Gasteiger partial charge < -0.3 is 4.57 Å². The number of hydrogen-bond acceptors (Lipinski definition) is 4. The smallest absolute Gasteiger partial charge is 0.311 e. The quantitative estimate of drug-likeness (QED) is 0.637. The summed E-state index contributed by atoms with van der Waals surface area (Å²) in [5.41, 5.74) is 0.663. The van der Waals surface area contributed by atoms with Crippen LogP contribution in [0.1, 0.15) is 18.1 Å². The van der Waals surface area contributed by atoms with E-state index in [4.69, 9.17) is 11.6 Å². The predicted octanol–water partition coefficient (Wildman–Crippen LogP) is 3.91. The number of nitrogens with zero attached hydrogens (tertiary/aromatic N) is 3. The van der Waals surface area contributed by atoms with Crippen LogP contribution in [0.2, 0.25) is 5.15 Å². The van der Waals surface area contributed by atoms with Crippen molar-refractivity contribution in [1.82, 2.24) is 14.5 Å². The fourth-order valence-electron chi connectivity index (χ4n) is 2.43. The zero-order valence-electron chi connectivity index (χ0n) is 14.0. The molecular weight excluding hydrogens is 405 g/mol. The number of fused-ring (bicyclic) bond motifs is 1. The molecule has 0 spiro atoms. The number of nitrogens with one attached hydrogen (secondary N) is 1. The molecule has 2 heterocycles. The van der Waals surface area contributed by atoms with E-state index >= 15 is 0 Å². The van der Waals surface area contributed by atoms with Gasteiger partial charge in [-0.2, -0.15) is 13.2 Å². The molecule has 0 radical (unpaired) electrons. The minimum Gasteiger partial charge on any atom is -0.311 e. The van der Waals surface area contributed by atoms with Gasteiger partial charge in [-0.15, -0.1) is 0 Å². The summed E-state index contributed by atoms with van der Waals surface area (Å²) in [4.78, 5) is 8.32. The molecular formula is C16H14ClF3N4O2S. The van der Waals surface area contributed by atoms with E-state index in [0.29, 0.717) is 16.7 Å². The van der Waals surface area contributed by atoms with Crippen molar-refractivity contribution in [1.29, 1.82) is 0 Å². The lowest BCUT2D eigenvalue weighted by atomic mass is 10.1. The number of hydrogen-bond donors (Lipinski definition) is 1. The van der Waals surface area contributed by atoms with Crippen LogP contribution in [0.3, 0.4) is 0 Å². The first-order chi connectivity index (χ1) is 12.6. The second-order valence-electron chi connectivity index (χ2n) is 5.74. The molecule has 0 aliphatic rings. The van der Waals surface area contributed by atoms with E-state index in [1.54, 1.807) is 4.57 Å². The largest absolute Gasteiger partial charge is 0.416 e. The lowest BCUT2D eigenvalue weighted by Gasteiger charge is -2.09. The Kier molecular flexibility index (Phi) is 5.04. The first-order valence-corrected chi connectivity index (χ1v) is 9.80. The summed E-state index contributed by atoms with van der Waals surface area (Å²) in [5, 5.41) is 0.0606. The number of aromatic nitrogens is 3. The predicted molar refractivity (Wildman–Crippen MR) is 96.2 cm³/mol. The molecule has 27 heavy (non-hydrogen) atoms. The first kappa shape index (κ1) is 19.4. The summed E-state index contributed by atoms with van der Waals surface area (Å²) in [7, 11) is -3.54. The van der Waals surface area contributed by atoms with Gasteiger partial charge in [-0.3, -0.25) is 4.72 Å². The topological polar surface area (TPSA) is 76.9 Å². The van der Waals surface area contributed by atoms with Gasteiger partial charge in [0.25, 0.3) is 0 Å². The van der Waals surface area contributed by atoms with E-state index in [1.165, 1.54) is 31.5 Å². The highest BCUT2D eigenvalue weighted by Crippen LogP contribution is 2.30. The van der Waals surface area contributed by atoms with Gasteiger partial charge in [0.05, 0.1) is 29.9 Å². The molecule has 1 N–H and O–H groups in total. The molecule has 0 amide bonds. The molecule has 0 bridgehead atoms. The number of rotatable bonds is 5. The second kappa shape index (κ2) is 7.01. The van der Waals surface area contributed by atoms with Crippen LogP contribution in [0.15, 0.2) is 36.7 Å². The molecule has 0 atom stereocenters. The molecule has 144 valence electrons. The van der Waals surface area contributed by atoms with E-state index in [2.05, 4.69) is 14.7 Å². The summed E-state index contributed by atoms with van der Waals surface area (Å²) < 4.78 is 65.6. The van der Waals surface area contributed by atoms with Gasteiger partial charge in [0, 0.05) is 6.07 Å². The van der Waals surface area contributed by atoms with E-state index in [-0.39, 0.29) is 23.1 Å². The number of anilines is 1. The molecule has 3 rings (SSSR count). The van der Waals surface area contributed by atoms with Gasteiger partial charge in [-0.25, -0.2) is 18.4 Å². The van der Waals surface area contributed by atoms with Crippen LogP contribution >= 0.6 is 11.6 Å². The number of alkyl halides is 3. The highest BCUT2D eigenvalue weighted by Gasteiger charge is 2.29. The van der Waals surface area contributed by atoms with E-state index in [0.717, 1.165) is 12.1 Å². The third kappa shape index (κ3) is 4.33. The van der Waals surface area contributed by atoms with Crippen LogP contribution in [0, 0.1) is 0 Å². The third-order valence-electron chi connectivity index (χ3n) is 3.82. The Bertz CT molecular complexity index is 1080. The van der Waals surface area contributed by atoms with Gasteiger partial charge in [0.1, 0.15) is 10.7 Å². The van der Waals surface area contributed by atoms with Crippen LogP contribution in [0.25, 0.3) is 11.2 Å². The third-order valence-corrected chi connectivity index (χ3v) is 5.31. The lowest BCUT2D eigenvalue weighted by Crippen LogP contribution is -2.15. The molecule has 6 nitrogen and oxygen atoms in total. The monoisotopic (exact) mass is 418 g/mol. The number of imidazole rings is 1. The Morgan fingerprint density at radius 1 is 1.22 bits per heavy atom. The van der Waals surface area contributed by atoms with Gasteiger partial charge in [0.15, 0.2) is 5.65 Å². The van der Waals surface area contributed by atoms with Crippen LogP contribution in [0.5, 0.6) is 0 Å². The average Bonchev–Trinajstić information content (AvgIpc) is 2.97. The molecule has 0 saturated carbocycles. The molecule has 1 aromatic carbocycles. The maximum Gasteiger partial charge on any atom is 0.416 e. The van der Waals surface area contributed by atoms with Crippen molar-refractivity contribution in [2.45, 2.75) is 19.6 Å². The van der Waals surface area contributed by atoms with E-state index < -0.39 is 21.8 Å². The SMILES string of the molecule is CCS(=O)(=O)Nc1cc(Cl)nc2c1ncn2Cc1ccc(C(F)(F)F)cc1. The van der Waals surface area contributed by atoms with Crippen LogP contribution in [-0.2, 0) is 22.7 Å². The molecule has 0 unspecified atom stereocenters. The zero-order valence-corrected chi connectivity index (χ0v) is 15.5. The van der Waals surface area contributed by atoms with Crippen molar-refractivity contribution < 1.29 is 21.6 Å². The van der Waals surface area contributed by atoms with Gasteiger partial charge in [-0.1, -0.05) is 23.7 Å². The van der Waals surface area contributed by atoms with Gasteiger partial charge in [-0.05, 0) is 24.6 Å². The van der Waals surface area contributed by atoms with Crippen LogP contribution in [-0.4, -0.2) is 28.7 Å². The fourth-order valence-corrected chi connectivity index (χ4v) is 3.26. The van der Waals surface area contributed by atoms with Crippen molar-refractivity contribution in [2.75, 3.05) is 10.5 Å².